The molecule has 1 heterocycles. The molecular weight excluding hydrogens is 212 g/mol. The van der Waals surface area contributed by atoms with Gasteiger partial charge in [0.15, 0.2) is 0 Å². The Morgan fingerprint density at radius 2 is 1.88 bits per heavy atom. The van der Waals surface area contributed by atoms with Crippen LogP contribution < -0.4 is 11.1 Å². The molecule has 3 N–H and O–H groups in total. The fourth-order valence-corrected chi connectivity index (χ4v) is 2.67. The van der Waals surface area contributed by atoms with Crippen LogP contribution in [-0.4, -0.2) is 32.3 Å². The predicted octanol–water partition coefficient (Wildman–Crippen LogP) is 1.87. The Labute approximate surface area is 106 Å². The molecule has 1 saturated heterocycles. The van der Waals surface area contributed by atoms with E-state index in [2.05, 4.69) is 39.9 Å². The van der Waals surface area contributed by atoms with Gasteiger partial charge in [0.05, 0.1) is 13.2 Å². The standard InChI is InChI=1S/C14H30N2O/c1-10(2)12(11(3)4)6-16-8-14(5)9-17-7-13(14)15/h10-13,16H,6-9,15H2,1-5H3. The number of nitrogens with two attached hydrogens (primary N) is 1. The molecule has 0 aliphatic carbocycles. The summed E-state index contributed by atoms with van der Waals surface area (Å²) in [4.78, 5) is 0. The third-order valence-corrected chi connectivity index (χ3v) is 4.25. The molecule has 0 radical (unpaired) electrons. The minimum atomic E-state index is 0.110. The molecule has 0 bridgehead atoms. The van der Waals surface area contributed by atoms with E-state index < -0.39 is 0 Å². The lowest BCUT2D eigenvalue weighted by Gasteiger charge is -2.30. The maximum absolute atomic E-state index is 6.08. The van der Waals surface area contributed by atoms with Gasteiger partial charge in [-0.1, -0.05) is 34.6 Å². The predicted molar refractivity (Wildman–Crippen MR) is 72.9 cm³/mol. The van der Waals surface area contributed by atoms with E-state index in [1.165, 1.54) is 0 Å². The van der Waals surface area contributed by atoms with E-state index in [1.807, 2.05) is 0 Å². The smallest absolute Gasteiger partial charge is 0.0624 e. The van der Waals surface area contributed by atoms with Gasteiger partial charge in [-0.15, -0.1) is 0 Å². The maximum Gasteiger partial charge on any atom is 0.0624 e. The highest BCUT2D eigenvalue weighted by molar-refractivity contribution is 4.91. The van der Waals surface area contributed by atoms with Crippen LogP contribution in [0, 0.1) is 23.2 Å². The van der Waals surface area contributed by atoms with Crippen LogP contribution in [0.3, 0.4) is 0 Å². The Hall–Kier alpha value is -0.120. The highest BCUT2D eigenvalue weighted by Crippen LogP contribution is 2.26. The van der Waals surface area contributed by atoms with Crippen molar-refractivity contribution in [2.75, 3.05) is 26.3 Å². The third-order valence-electron chi connectivity index (χ3n) is 4.25. The lowest BCUT2D eigenvalue weighted by Crippen LogP contribution is -2.46. The van der Waals surface area contributed by atoms with E-state index >= 15 is 0 Å². The fourth-order valence-electron chi connectivity index (χ4n) is 2.67. The normalized spacial score (nSPS) is 29.8. The first kappa shape index (κ1) is 14.9. The van der Waals surface area contributed by atoms with Crippen molar-refractivity contribution >= 4 is 0 Å². The van der Waals surface area contributed by atoms with Gasteiger partial charge in [0.25, 0.3) is 0 Å². The van der Waals surface area contributed by atoms with E-state index in [1.54, 1.807) is 0 Å². The molecule has 0 spiro atoms. The molecule has 0 amide bonds. The summed E-state index contributed by atoms with van der Waals surface area (Å²) in [5.41, 5.74) is 6.19. The van der Waals surface area contributed by atoms with E-state index in [-0.39, 0.29) is 11.5 Å². The van der Waals surface area contributed by atoms with Crippen LogP contribution in [0.5, 0.6) is 0 Å². The molecule has 17 heavy (non-hydrogen) atoms. The summed E-state index contributed by atoms with van der Waals surface area (Å²) in [6.45, 7) is 15.0. The topological polar surface area (TPSA) is 47.3 Å². The van der Waals surface area contributed by atoms with Gasteiger partial charge in [0.2, 0.25) is 0 Å². The summed E-state index contributed by atoms with van der Waals surface area (Å²) >= 11 is 0. The minimum absolute atomic E-state index is 0.110. The van der Waals surface area contributed by atoms with Gasteiger partial charge < -0.3 is 15.8 Å². The number of ether oxygens (including phenoxy) is 1. The first-order chi connectivity index (χ1) is 7.87. The molecule has 2 atom stereocenters. The zero-order chi connectivity index (χ0) is 13.1. The zero-order valence-corrected chi connectivity index (χ0v) is 12.1. The fraction of sp³-hybridized carbons (Fsp3) is 1.00. The van der Waals surface area contributed by atoms with Crippen LogP contribution >= 0.6 is 0 Å². The SMILES string of the molecule is CC(C)C(CNCC1(C)COCC1N)C(C)C. The van der Waals surface area contributed by atoms with Gasteiger partial charge in [0.1, 0.15) is 0 Å². The molecule has 102 valence electrons. The van der Waals surface area contributed by atoms with Crippen LogP contribution in [0.15, 0.2) is 0 Å². The van der Waals surface area contributed by atoms with Gasteiger partial charge in [0, 0.05) is 18.0 Å². The van der Waals surface area contributed by atoms with Crippen molar-refractivity contribution in [1.82, 2.24) is 5.32 Å². The quantitative estimate of drug-likeness (QED) is 0.747. The van der Waals surface area contributed by atoms with Crippen molar-refractivity contribution < 1.29 is 4.74 Å². The van der Waals surface area contributed by atoms with Crippen LogP contribution in [-0.2, 0) is 4.74 Å². The van der Waals surface area contributed by atoms with Crippen LogP contribution in [0.2, 0.25) is 0 Å². The molecule has 1 rings (SSSR count). The molecular formula is C14H30N2O. The maximum atomic E-state index is 6.08. The van der Waals surface area contributed by atoms with Crippen molar-refractivity contribution in [3.63, 3.8) is 0 Å². The number of nitrogens with one attached hydrogen (secondary N) is 1. The Balaban J connectivity index is 2.36. The minimum Gasteiger partial charge on any atom is -0.379 e. The van der Waals surface area contributed by atoms with Crippen LogP contribution in [0.1, 0.15) is 34.6 Å². The van der Waals surface area contributed by atoms with E-state index in [9.17, 15) is 0 Å². The Kier molecular flexibility index (Phi) is 5.42. The van der Waals surface area contributed by atoms with E-state index in [0.717, 1.165) is 37.5 Å². The second-order valence-electron chi connectivity index (χ2n) is 6.56. The van der Waals surface area contributed by atoms with Crippen molar-refractivity contribution in [2.45, 2.75) is 40.7 Å². The number of rotatable bonds is 6. The number of hydrogen-bond acceptors (Lipinski definition) is 3. The molecule has 3 heteroatoms. The summed E-state index contributed by atoms with van der Waals surface area (Å²) in [5.74, 6) is 2.18. The summed E-state index contributed by atoms with van der Waals surface area (Å²) in [5, 5.41) is 3.60. The van der Waals surface area contributed by atoms with Gasteiger partial charge >= 0.3 is 0 Å². The second kappa shape index (κ2) is 6.17. The molecule has 1 aliphatic heterocycles. The molecule has 2 unspecified atom stereocenters. The molecule has 0 aromatic rings. The van der Waals surface area contributed by atoms with Crippen molar-refractivity contribution in [1.29, 1.82) is 0 Å². The monoisotopic (exact) mass is 242 g/mol. The molecule has 1 fully saturated rings. The van der Waals surface area contributed by atoms with Gasteiger partial charge in [-0.05, 0) is 24.3 Å². The average molecular weight is 242 g/mol. The first-order valence-electron chi connectivity index (χ1n) is 6.91. The summed E-state index contributed by atoms with van der Waals surface area (Å²) < 4.78 is 5.46. The molecule has 3 nitrogen and oxygen atoms in total. The second-order valence-corrected chi connectivity index (χ2v) is 6.56. The lowest BCUT2D eigenvalue weighted by molar-refractivity contribution is 0.155. The molecule has 0 aromatic heterocycles. The molecule has 1 aliphatic rings. The van der Waals surface area contributed by atoms with Crippen molar-refractivity contribution in [3.05, 3.63) is 0 Å². The van der Waals surface area contributed by atoms with Crippen molar-refractivity contribution in [2.24, 2.45) is 28.9 Å². The summed E-state index contributed by atoms with van der Waals surface area (Å²) in [6.07, 6.45) is 0. The largest absolute Gasteiger partial charge is 0.379 e. The summed E-state index contributed by atoms with van der Waals surface area (Å²) in [6, 6.07) is 0.173. The average Bonchev–Trinajstić information content (AvgIpc) is 2.53. The van der Waals surface area contributed by atoms with Crippen molar-refractivity contribution in [3.8, 4) is 0 Å². The Morgan fingerprint density at radius 3 is 2.29 bits per heavy atom. The van der Waals surface area contributed by atoms with Gasteiger partial charge in [-0.2, -0.15) is 0 Å². The van der Waals surface area contributed by atoms with Crippen LogP contribution in [0.4, 0.5) is 0 Å². The third kappa shape index (κ3) is 3.94. The van der Waals surface area contributed by atoms with Gasteiger partial charge in [-0.3, -0.25) is 0 Å². The molecule has 0 aromatic carbocycles. The Bertz CT molecular complexity index is 222. The lowest BCUT2D eigenvalue weighted by atomic mass is 9.83. The van der Waals surface area contributed by atoms with E-state index in [0.29, 0.717) is 6.61 Å². The van der Waals surface area contributed by atoms with Gasteiger partial charge in [-0.25, -0.2) is 0 Å². The highest BCUT2D eigenvalue weighted by Gasteiger charge is 2.37. The highest BCUT2D eigenvalue weighted by atomic mass is 16.5. The number of hydrogen-bond donors (Lipinski definition) is 2. The zero-order valence-electron chi connectivity index (χ0n) is 12.1. The van der Waals surface area contributed by atoms with Crippen LogP contribution in [0.25, 0.3) is 0 Å². The van der Waals surface area contributed by atoms with E-state index in [4.69, 9.17) is 10.5 Å². The first-order valence-corrected chi connectivity index (χ1v) is 6.91. The summed E-state index contributed by atoms with van der Waals surface area (Å²) in [7, 11) is 0. The molecule has 0 saturated carbocycles. The Morgan fingerprint density at radius 1 is 1.29 bits per heavy atom.